The number of anilines is 1. The smallest absolute Gasteiger partial charge is 0.254 e. The summed E-state index contributed by atoms with van der Waals surface area (Å²) < 4.78 is 0. The molecule has 1 saturated carbocycles. The fraction of sp³-hybridized carbons (Fsp3) is 0.611. The van der Waals surface area contributed by atoms with Crippen molar-refractivity contribution in [3.63, 3.8) is 0 Å². The Hall–Kier alpha value is -2.11. The molecule has 3 rings (SSSR count). The molecule has 1 saturated heterocycles. The van der Waals surface area contributed by atoms with E-state index < -0.39 is 0 Å². The Morgan fingerprint density at radius 3 is 2.88 bits per heavy atom. The van der Waals surface area contributed by atoms with Crippen LogP contribution in [0.2, 0.25) is 0 Å². The van der Waals surface area contributed by atoms with Crippen molar-refractivity contribution in [2.75, 3.05) is 32.1 Å². The van der Waals surface area contributed by atoms with E-state index in [-0.39, 0.29) is 11.8 Å². The lowest BCUT2D eigenvalue weighted by molar-refractivity contribution is -0.129. The number of likely N-dealkylation sites (tertiary alicyclic amines) is 1. The molecule has 2 fully saturated rings. The van der Waals surface area contributed by atoms with Crippen LogP contribution in [0.3, 0.4) is 0 Å². The van der Waals surface area contributed by atoms with Crippen LogP contribution < -0.4 is 10.2 Å². The van der Waals surface area contributed by atoms with E-state index in [0.717, 1.165) is 25.9 Å². The van der Waals surface area contributed by atoms with Gasteiger partial charge in [0.2, 0.25) is 5.91 Å². The standard InChI is InChI=1S/C18H26N4O2/c1-19-18(24)15-8-5-9-20-17(15)21(2)11-13-10-16(23)22(12-13)14-6-3-4-7-14/h5,8-9,13-14H,3-4,6-7,10-12H2,1-2H3,(H,19,24)/t13-/m0/s1. The van der Waals surface area contributed by atoms with Crippen molar-refractivity contribution >= 4 is 17.6 Å². The van der Waals surface area contributed by atoms with Crippen molar-refractivity contribution in [1.29, 1.82) is 0 Å². The summed E-state index contributed by atoms with van der Waals surface area (Å²) in [5, 5.41) is 2.65. The minimum absolute atomic E-state index is 0.139. The zero-order chi connectivity index (χ0) is 17.1. The molecule has 0 aromatic carbocycles. The Labute approximate surface area is 143 Å². The molecule has 1 aromatic heterocycles. The number of aromatic nitrogens is 1. The number of nitrogens with one attached hydrogen (secondary N) is 1. The van der Waals surface area contributed by atoms with Crippen LogP contribution in [0.15, 0.2) is 18.3 Å². The number of pyridine rings is 1. The van der Waals surface area contributed by atoms with Crippen molar-refractivity contribution in [2.24, 2.45) is 5.92 Å². The van der Waals surface area contributed by atoms with Crippen LogP contribution in [-0.4, -0.2) is 54.9 Å². The summed E-state index contributed by atoms with van der Waals surface area (Å²) in [4.78, 5) is 32.8. The Bertz CT molecular complexity index is 613. The molecule has 2 amide bonds. The minimum Gasteiger partial charge on any atom is -0.359 e. The Kier molecular flexibility index (Phi) is 5.02. The molecule has 0 radical (unpaired) electrons. The highest BCUT2D eigenvalue weighted by molar-refractivity contribution is 5.98. The van der Waals surface area contributed by atoms with Gasteiger partial charge in [-0.2, -0.15) is 0 Å². The van der Waals surface area contributed by atoms with Gasteiger partial charge in [0.05, 0.1) is 5.56 Å². The second kappa shape index (κ2) is 7.20. The molecule has 0 bridgehead atoms. The molecule has 1 N–H and O–H groups in total. The second-order valence-electron chi connectivity index (χ2n) is 6.89. The molecule has 1 aromatic rings. The number of hydrogen-bond acceptors (Lipinski definition) is 4. The lowest BCUT2D eigenvalue weighted by Crippen LogP contribution is -2.36. The maximum Gasteiger partial charge on any atom is 0.254 e. The first-order valence-electron chi connectivity index (χ1n) is 8.78. The molecule has 24 heavy (non-hydrogen) atoms. The number of amides is 2. The van der Waals surface area contributed by atoms with Crippen LogP contribution in [0.25, 0.3) is 0 Å². The van der Waals surface area contributed by atoms with Gasteiger partial charge in [-0.1, -0.05) is 12.8 Å². The van der Waals surface area contributed by atoms with Crippen molar-refractivity contribution in [3.05, 3.63) is 23.9 Å². The van der Waals surface area contributed by atoms with Crippen LogP contribution in [0.4, 0.5) is 5.82 Å². The van der Waals surface area contributed by atoms with Gasteiger partial charge in [-0.05, 0) is 25.0 Å². The SMILES string of the molecule is CNC(=O)c1cccnc1N(C)C[C@@H]1CC(=O)N(C2CCCC2)C1. The van der Waals surface area contributed by atoms with Crippen LogP contribution in [0, 0.1) is 5.92 Å². The third kappa shape index (κ3) is 3.37. The van der Waals surface area contributed by atoms with Crippen LogP contribution >= 0.6 is 0 Å². The van der Waals surface area contributed by atoms with Gasteiger partial charge in [-0.3, -0.25) is 9.59 Å². The van der Waals surface area contributed by atoms with Crippen molar-refractivity contribution in [2.45, 2.75) is 38.1 Å². The minimum atomic E-state index is -0.139. The van der Waals surface area contributed by atoms with Gasteiger partial charge in [0, 0.05) is 51.8 Å². The van der Waals surface area contributed by atoms with E-state index in [2.05, 4.69) is 15.2 Å². The quantitative estimate of drug-likeness (QED) is 0.892. The summed E-state index contributed by atoms with van der Waals surface area (Å²) in [5.74, 6) is 1.11. The van der Waals surface area contributed by atoms with Gasteiger partial charge in [0.15, 0.2) is 0 Å². The molecule has 6 nitrogen and oxygen atoms in total. The first-order chi connectivity index (χ1) is 11.6. The highest BCUT2D eigenvalue weighted by Crippen LogP contribution is 2.30. The second-order valence-corrected chi connectivity index (χ2v) is 6.89. The van der Waals surface area contributed by atoms with E-state index in [0.29, 0.717) is 29.8 Å². The number of rotatable bonds is 5. The van der Waals surface area contributed by atoms with Crippen LogP contribution in [-0.2, 0) is 4.79 Å². The van der Waals surface area contributed by atoms with Gasteiger partial charge < -0.3 is 15.1 Å². The Morgan fingerprint density at radius 2 is 2.17 bits per heavy atom. The molecule has 1 atom stereocenters. The maximum atomic E-state index is 12.3. The molecule has 0 spiro atoms. The van der Waals surface area contributed by atoms with Gasteiger partial charge in [0.1, 0.15) is 5.82 Å². The van der Waals surface area contributed by atoms with Crippen LogP contribution in [0.5, 0.6) is 0 Å². The van der Waals surface area contributed by atoms with Gasteiger partial charge in [-0.25, -0.2) is 4.98 Å². The van der Waals surface area contributed by atoms with E-state index in [1.165, 1.54) is 12.8 Å². The average molecular weight is 330 g/mol. The monoisotopic (exact) mass is 330 g/mol. The Balaban J connectivity index is 1.66. The van der Waals surface area contributed by atoms with Crippen molar-refractivity contribution in [3.8, 4) is 0 Å². The number of carbonyl (C=O) groups is 2. The highest BCUT2D eigenvalue weighted by atomic mass is 16.2. The zero-order valence-electron chi connectivity index (χ0n) is 14.5. The maximum absolute atomic E-state index is 12.3. The topological polar surface area (TPSA) is 65.5 Å². The molecule has 1 aliphatic heterocycles. The van der Waals surface area contributed by atoms with Crippen molar-refractivity contribution in [1.82, 2.24) is 15.2 Å². The third-order valence-corrected chi connectivity index (χ3v) is 5.16. The fourth-order valence-electron chi connectivity index (χ4n) is 3.99. The summed E-state index contributed by atoms with van der Waals surface area (Å²) in [6.45, 7) is 1.56. The predicted molar refractivity (Wildman–Crippen MR) is 93.0 cm³/mol. The zero-order valence-corrected chi connectivity index (χ0v) is 14.5. The molecule has 2 heterocycles. The van der Waals surface area contributed by atoms with E-state index >= 15 is 0 Å². The van der Waals surface area contributed by atoms with E-state index in [9.17, 15) is 9.59 Å². The predicted octanol–water partition coefficient (Wildman–Crippen LogP) is 1.67. The number of carbonyl (C=O) groups excluding carboxylic acids is 2. The van der Waals surface area contributed by atoms with Crippen molar-refractivity contribution < 1.29 is 9.59 Å². The van der Waals surface area contributed by atoms with E-state index in [1.807, 2.05) is 11.9 Å². The molecule has 6 heteroatoms. The van der Waals surface area contributed by atoms with Crippen LogP contribution in [0.1, 0.15) is 42.5 Å². The lowest BCUT2D eigenvalue weighted by atomic mass is 10.1. The van der Waals surface area contributed by atoms with Gasteiger partial charge in [-0.15, -0.1) is 0 Å². The molecule has 1 aliphatic carbocycles. The first-order valence-corrected chi connectivity index (χ1v) is 8.78. The summed E-state index contributed by atoms with van der Waals surface area (Å²) in [6.07, 6.45) is 7.07. The molecule has 0 unspecified atom stereocenters. The first kappa shape index (κ1) is 16.7. The lowest BCUT2D eigenvalue weighted by Gasteiger charge is -2.26. The summed E-state index contributed by atoms with van der Waals surface area (Å²) >= 11 is 0. The van der Waals surface area contributed by atoms with E-state index in [4.69, 9.17) is 0 Å². The summed E-state index contributed by atoms with van der Waals surface area (Å²) in [6, 6.07) is 3.99. The number of nitrogens with zero attached hydrogens (tertiary/aromatic N) is 3. The normalized spacial score (nSPS) is 21.3. The largest absolute Gasteiger partial charge is 0.359 e. The van der Waals surface area contributed by atoms with Gasteiger partial charge >= 0.3 is 0 Å². The Morgan fingerprint density at radius 1 is 1.42 bits per heavy atom. The van der Waals surface area contributed by atoms with Gasteiger partial charge in [0.25, 0.3) is 5.91 Å². The molecular formula is C18H26N4O2. The fourth-order valence-corrected chi connectivity index (χ4v) is 3.99. The summed E-state index contributed by atoms with van der Waals surface area (Å²) in [5.41, 5.74) is 0.569. The molecular weight excluding hydrogens is 304 g/mol. The van der Waals surface area contributed by atoms with E-state index in [1.54, 1.807) is 25.4 Å². The number of hydrogen-bond donors (Lipinski definition) is 1. The highest BCUT2D eigenvalue weighted by Gasteiger charge is 2.36. The average Bonchev–Trinajstić information content (AvgIpc) is 3.23. The molecule has 2 aliphatic rings. The summed E-state index contributed by atoms with van der Waals surface area (Å²) in [7, 11) is 3.56. The molecule has 130 valence electrons. The third-order valence-electron chi connectivity index (χ3n) is 5.16.